The lowest BCUT2D eigenvalue weighted by atomic mass is 10.0. The van der Waals surface area contributed by atoms with E-state index in [1.807, 2.05) is 60.2 Å². The molecule has 0 saturated carbocycles. The molecule has 0 bridgehead atoms. The van der Waals surface area contributed by atoms with Crippen molar-refractivity contribution in [2.45, 2.75) is 32.4 Å². The number of nitrogens with zero attached hydrogens (tertiary/aromatic N) is 3. The zero-order valence-corrected chi connectivity index (χ0v) is 20.7. The summed E-state index contributed by atoms with van der Waals surface area (Å²) >= 11 is 0. The maximum atomic E-state index is 12.9. The van der Waals surface area contributed by atoms with Crippen LogP contribution in [0.3, 0.4) is 0 Å². The van der Waals surface area contributed by atoms with Crippen molar-refractivity contribution in [3.63, 3.8) is 0 Å². The molecular weight excluding hydrogens is 440 g/mol. The highest BCUT2D eigenvalue weighted by molar-refractivity contribution is 5.92. The Hall–Kier alpha value is -3.42. The van der Waals surface area contributed by atoms with Crippen molar-refractivity contribution in [2.24, 2.45) is 0 Å². The summed E-state index contributed by atoms with van der Waals surface area (Å²) < 4.78 is 13.2. The van der Waals surface area contributed by atoms with E-state index < -0.39 is 0 Å². The summed E-state index contributed by atoms with van der Waals surface area (Å²) in [6.45, 7) is 7.30. The van der Waals surface area contributed by atoms with Crippen LogP contribution in [0.15, 0.2) is 67.1 Å². The van der Waals surface area contributed by atoms with Crippen LogP contribution in [0.5, 0.6) is 5.75 Å². The third kappa shape index (κ3) is 7.04. The quantitative estimate of drug-likeness (QED) is 0.480. The SMILES string of the molecule is COc1cc(/C=C/C(=O)N[C@H](Cc2ccccc2)CN2CCO[C@@H](C)C2)ccc1-n1cnc(C)c1. The lowest BCUT2D eigenvalue weighted by Crippen LogP contribution is -2.49. The minimum Gasteiger partial charge on any atom is -0.495 e. The Labute approximate surface area is 207 Å². The van der Waals surface area contributed by atoms with Crippen LogP contribution in [0.25, 0.3) is 11.8 Å². The molecule has 0 radical (unpaired) electrons. The summed E-state index contributed by atoms with van der Waals surface area (Å²) in [5.41, 5.74) is 3.93. The highest BCUT2D eigenvalue weighted by Gasteiger charge is 2.21. The summed E-state index contributed by atoms with van der Waals surface area (Å²) in [6, 6.07) is 16.1. The smallest absolute Gasteiger partial charge is 0.244 e. The highest BCUT2D eigenvalue weighted by atomic mass is 16.5. The van der Waals surface area contributed by atoms with Gasteiger partial charge in [0.05, 0.1) is 37.5 Å². The Balaban J connectivity index is 1.43. The summed E-state index contributed by atoms with van der Waals surface area (Å²) in [6.07, 6.45) is 8.11. The molecule has 35 heavy (non-hydrogen) atoms. The van der Waals surface area contributed by atoms with Gasteiger partial charge in [0, 0.05) is 37.9 Å². The molecule has 1 aromatic heterocycles. The molecule has 1 amide bonds. The van der Waals surface area contributed by atoms with Crippen molar-refractivity contribution >= 4 is 12.0 Å². The molecule has 1 fully saturated rings. The number of hydrogen-bond donors (Lipinski definition) is 1. The van der Waals surface area contributed by atoms with Crippen LogP contribution in [-0.4, -0.2) is 65.9 Å². The minimum atomic E-state index is -0.111. The molecule has 1 N–H and O–H groups in total. The second-order valence-corrected chi connectivity index (χ2v) is 9.02. The van der Waals surface area contributed by atoms with Gasteiger partial charge in [-0.15, -0.1) is 0 Å². The molecule has 184 valence electrons. The van der Waals surface area contributed by atoms with E-state index in [0.29, 0.717) is 5.75 Å². The Morgan fingerprint density at radius 3 is 2.83 bits per heavy atom. The predicted octanol–water partition coefficient (Wildman–Crippen LogP) is 3.65. The number of methoxy groups -OCH3 is 1. The summed E-state index contributed by atoms with van der Waals surface area (Å²) in [4.78, 5) is 19.5. The molecule has 0 aliphatic carbocycles. The van der Waals surface area contributed by atoms with E-state index in [9.17, 15) is 4.79 Å². The van der Waals surface area contributed by atoms with Gasteiger partial charge in [-0.1, -0.05) is 36.4 Å². The standard InChI is InChI=1S/C28H34N4O3/c1-21-17-32(20-29-21)26-11-9-24(16-27(26)34-3)10-12-28(33)30-25(15-23-7-5-4-6-8-23)19-31-13-14-35-22(2)18-31/h4-12,16-17,20,22,25H,13-15,18-19H2,1-3H3,(H,30,33)/b12-10+/t22-,25+/m0/s1. The van der Waals surface area contributed by atoms with E-state index in [1.54, 1.807) is 19.5 Å². The highest BCUT2D eigenvalue weighted by Crippen LogP contribution is 2.25. The average molecular weight is 475 g/mol. The molecular formula is C28H34N4O3. The van der Waals surface area contributed by atoms with Gasteiger partial charge >= 0.3 is 0 Å². The summed E-state index contributed by atoms with van der Waals surface area (Å²) in [5.74, 6) is 0.605. The largest absolute Gasteiger partial charge is 0.495 e. The Morgan fingerprint density at radius 1 is 1.29 bits per heavy atom. The van der Waals surface area contributed by atoms with E-state index in [2.05, 4.69) is 34.3 Å². The lowest BCUT2D eigenvalue weighted by Gasteiger charge is -2.34. The second kappa shape index (κ2) is 11.8. The first-order valence-electron chi connectivity index (χ1n) is 12.1. The van der Waals surface area contributed by atoms with Gasteiger partial charge in [-0.3, -0.25) is 9.69 Å². The van der Waals surface area contributed by atoms with E-state index in [0.717, 1.165) is 49.6 Å². The third-order valence-electron chi connectivity index (χ3n) is 6.10. The minimum absolute atomic E-state index is 0.00115. The normalized spacial score (nSPS) is 17.4. The Morgan fingerprint density at radius 2 is 2.11 bits per heavy atom. The van der Waals surface area contributed by atoms with Crippen LogP contribution in [0.1, 0.15) is 23.7 Å². The van der Waals surface area contributed by atoms with Gasteiger partial charge in [0.2, 0.25) is 5.91 Å². The number of carbonyl (C=O) groups excluding carboxylic acids is 1. The van der Waals surface area contributed by atoms with Gasteiger partial charge in [0.1, 0.15) is 5.75 Å². The van der Waals surface area contributed by atoms with Crippen molar-refractivity contribution in [1.82, 2.24) is 19.8 Å². The molecule has 3 aromatic rings. The monoisotopic (exact) mass is 474 g/mol. The van der Waals surface area contributed by atoms with Gasteiger partial charge in [0.15, 0.2) is 0 Å². The topological polar surface area (TPSA) is 68.6 Å². The molecule has 1 aliphatic rings. The fraction of sp³-hybridized carbons (Fsp3) is 0.357. The maximum Gasteiger partial charge on any atom is 0.244 e. The molecule has 2 atom stereocenters. The van der Waals surface area contributed by atoms with Gasteiger partial charge in [-0.05, 0) is 49.6 Å². The first kappa shape index (κ1) is 24.7. The summed E-state index contributed by atoms with van der Waals surface area (Å²) in [5, 5.41) is 3.21. The molecule has 2 aromatic carbocycles. The van der Waals surface area contributed by atoms with E-state index in [4.69, 9.17) is 9.47 Å². The molecule has 0 unspecified atom stereocenters. The number of imidazole rings is 1. The zero-order valence-electron chi connectivity index (χ0n) is 20.7. The molecule has 4 rings (SSSR count). The fourth-order valence-corrected chi connectivity index (χ4v) is 4.41. The number of hydrogen-bond acceptors (Lipinski definition) is 5. The van der Waals surface area contributed by atoms with Crippen LogP contribution < -0.4 is 10.1 Å². The Bertz CT molecular complexity index is 1140. The number of benzene rings is 2. The first-order chi connectivity index (χ1) is 17.0. The van der Waals surface area contributed by atoms with E-state index >= 15 is 0 Å². The van der Waals surface area contributed by atoms with Crippen LogP contribution in [-0.2, 0) is 16.0 Å². The van der Waals surface area contributed by atoms with Crippen LogP contribution in [0.4, 0.5) is 0 Å². The molecule has 7 heteroatoms. The first-order valence-corrected chi connectivity index (χ1v) is 12.1. The van der Waals surface area contributed by atoms with Crippen molar-refractivity contribution < 1.29 is 14.3 Å². The van der Waals surface area contributed by atoms with E-state index in [-0.39, 0.29) is 18.1 Å². The van der Waals surface area contributed by atoms with Gasteiger partial charge in [-0.25, -0.2) is 4.98 Å². The molecule has 0 spiro atoms. The summed E-state index contributed by atoms with van der Waals surface area (Å²) in [7, 11) is 1.64. The number of ether oxygens (including phenoxy) is 2. The third-order valence-corrected chi connectivity index (χ3v) is 6.10. The predicted molar refractivity (Wildman–Crippen MR) is 138 cm³/mol. The Kier molecular flexibility index (Phi) is 8.34. The second-order valence-electron chi connectivity index (χ2n) is 9.02. The number of amides is 1. The number of aryl methyl sites for hydroxylation is 1. The molecule has 7 nitrogen and oxygen atoms in total. The maximum absolute atomic E-state index is 12.9. The number of aromatic nitrogens is 2. The molecule has 2 heterocycles. The van der Waals surface area contributed by atoms with Crippen LogP contribution >= 0.6 is 0 Å². The number of rotatable bonds is 9. The number of morpholine rings is 1. The van der Waals surface area contributed by atoms with Crippen molar-refractivity contribution in [3.05, 3.63) is 84.0 Å². The van der Waals surface area contributed by atoms with Gasteiger partial charge < -0.3 is 19.4 Å². The molecule has 1 saturated heterocycles. The van der Waals surface area contributed by atoms with Crippen LogP contribution in [0, 0.1) is 6.92 Å². The zero-order chi connectivity index (χ0) is 24.6. The fourth-order valence-electron chi connectivity index (χ4n) is 4.41. The van der Waals surface area contributed by atoms with Crippen LogP contribution in [0.2, 0.25) is 0 Å². The van der Waals surface area contributed by atoms with Crippen molar-refractivity contribution in [1.29, 1.82) is 0 Å². The van der Waals surface area contributed by atoms with Crippen molar-refractivity contribution in [2.75, 3.05) is 33.4 Å². The number of carbonyl (C=O) groups is 1. The average Bonchev–Trinajstić information content (AvgIpc) is 3.29. The lowest BCUT2D eigenvalue weighted by molar-refractivity contribution is -0.117. The van der Waals surface area contributed by atoms with E-state index in [1.165, 1.54) is 5.56 Å². The number of nitrogens with one attached hydrogen (secondary N) is 1. The van der Waals surface area contributed by atoms with Gasteiger partial charge in [-0.2, -0.15) is 0 Å². The van der Waals surface area contributed by atoms with Crippen molar-refractivity contribution in [3.8, 4) is 11.4 Å². The van der Waals surface area contributed by atoms with Gasteiger partial charge in [0.25, 0.3) is 0 Å². The molecule has 1 aliphatic heterocycles.